The molecule has 3 atom stereocenters. The summed E-state index contributed by atoms with van der Waals surface area (Å²) >= 11 is 0. The largest absolute Gasteiger partial charge is 0.302 e. The lowest BCUT2D eigenvalue weighted by Crippen LogP contribution is -2.30. The Morgan fingerprint density at radius 1 is 1.07 bits per heavy atom. The lowest BCUT2D eigenvalue weighted by Gasteiger charge is -2.20. The highest BCUT2D eigenvalue weighted by atomic mass is 16.1. The predicted octanol–water partition coefficient (Wildman–Crippen LogP) is 2.09. The van der Waals surface area contributed by atoms with Crippen LogP contribution in [-0.4, -0.2) is 30.3 Å². The Kier molecular flexibility index (Phi) is 2.55. The fraction of sp³-hybridized carbons (Fsp3) is 0.923. The zero-order valence-corrected chi connectivity index (χ0v) is 9.45. The fourth-order valence-corrected chi connectivity index (χ4v) is 3.87. The number of Topliss-reactive ketones (excluding diaryl/α,β-unsaturated/α-hetero) is 1. The first-order valence-corrected chi connectivity index (χ1v) is 6.58. The van der Waals surface area contributed by atoms with E-state index in [4.69, 9.17) is 0 Å². The Morgan fingerprint density at radius 3 is 2.40 bits per heavy atom. The third-order valence-electron chi connectivity index (χ3n) is 4.71. The van der Waals surface area contributed by atoms with E-state index in [0.29, 0.717) is 11.7 Å². The van der Waals surface area contributed by atoms with E-state index < -0.39 is 0 Å². The molecule has 2 aliphatic carbocycles. The van der Waals surface area contributed by atoms with Crippen molar-refractivity contribution < 1.29 is 4.79 Å². The second-order valence-electron chi connectivity index (χ2n) is 5.73. The minimum atomic E-state index is 0.392. The molecule has 2 saturated carbocycles. The highest BCUT2D eigenvalue weighted by Gasteiger charge is 2.37. The molecule has 0 spiro atoms. The van der Waals surface area contributed by atoms with Gasteiger partial charge in [-0.05, 0) is 37.5 Å². The number of ketones is 1. The van der Waals surface area contributed by atoms with Gasteiger partial charge in [0.2, 0.25) is 0 Å². The summed E-state index contributed by atoms with van der Waals surface area (Å²) in [5.74, 6) is 2.87. The molecule has 2 heteroatoms. The molecule has 84 valence electrons. The molecule has 15 heavy (non-hydrogen) atoms. The Balaban J connectivity index is 1.54. The van der Waals surface area contributed by atoms with E-state index in [0.717, 1.165) is 37.6 Å². The molecule has 3 unspecified atom stereocenters. The number of nitrogens with zero attached hydrogens (tertiary/aromatic N) is 1. The minimum absolute atomic E-state index is 0.392. The summed E-state index contributed by atoms with van der Waals surface area (Å²) in [6.45, 7) is 3.65. The second-order valence-corrected chi connectivity index (χ2v) is 5.73. The third kappa shape index (κ3) is 1.84. The number of hydrogen-bond acceptors (Lipinski definition) is 2. The first kappa shape index (κ1) is 9.83. The molecule has 0 aromatic rings. The zero-order chi connectivity index (χ0) is 10.3. The van der Waals surface area contributed by atoms with E-state index in [2.05, 4.69) is 4.90 Å². The van der Waals surface area contributed by atoms with Crippen molar-refractivity contribution in [3.05, 3.63) is 0 Å². The van der Waals surface area contributed by atoms with Crippen molar-refractivity contribution in [3.63, 3.8) is 0 Å². The first-order chi connectivity index (χ1) is 7.33. The Bertz CT molecular complexity index is 251. The monoisotopic (exact) mass is 207 g/mol. The number of rotatable bonds is 2. The van der Waals surface area contributed by atoms with E-state index >= 15 is 0 Å². The van der Waals surface area contributed by atoms with Crippen LogP contribution in [-0.2, 0) is 4.79 Å². The van der Waals surface area contributed by atoms with E-state index in [1.54, 1.807) is 0 Å². The predicted molar refractivity (Wildman–Crippen MR) is 59.6 cm³/mol. The summed E-state index contributed by atoms with van der Waals surface area (Å²) in [4.78, 5) is 14.2. The fourth-order valence-electron chi connectivity index (χ4n) is 3.87. The highest BCUT2D eigenvalue weighted by molar-refractivity contribution is 5.83. The zero-order valence-electron chi connectivity index (χ0n) is 9.45. The van der Waals surface area contributed by atoms with Gasteiger partial charge in [-0.3, -0.25) is 4.79 Å². The molecule has 0 radical (unpaired) electrons. The Hall–Kier alpha value is -0.370. The van der Waals surface area contributed by atoms with Gasteiger partial charge in [0.15, 0.2) is 0 Å². The van der Waals surface area contributed by atoms with Crippen LogP contribution < -0.4 is 0 Å². The van der Waals surface area contributed by atoms with E-state index in [9.17, 15) is 4.79 Å². The molecule has 3 aliphatic rings. The van der Waals surface area contributed by atoms with Crippen molar-refractivity contribution >= 4 is 5.78 Å². The van der Waals surface area contributed by atoms with Crippen LogP contribution in [0, 0.1) is 17.8 Å². The molecule has 0 N–H and O–H groups in total. The molecule has 0 bridgehead atoms. The van der Waals surface area contributed by atoms with Gasteiger partial charge in [0.1, 0.15) is 5.78 Å². The number of fused-ring (bicyclic) bond motifs is 1. The highest BCUT2D eigenvalue weighted by Crippen LogP contribution is 2.38. The lowest BCUT2D eigenvalue weighted by atomic mass is 10.0. The molecule has 1 heterocycles. The molecule has 1 aliphatic heterocycles. The van der Waals surface area contributed by atoms with Gasteiger partial charge in [0, 0.05) is 32.0 Å². The van der Waals surface area contributed by atoms with Crippen molar-refractivity contribution in [1.29, 1.82) is 0 Å². The number of carbonyl (C=O) groups excluding carboxylic acids is 1. The van der Waals surface area contributed by atoms with Crippen LogP contribution in [0.1, 0.15) is 38.5 Å². The van der Waals surface area contributed by atoms with Crippen LogP contribution in [0.2, 0.25) is 0 Å². The maximum Gasteiger partial charge on any atom is 0.137 e. The van der Waals surface area contributed by atoms with Gasteiger partial charge in [-0.25, -0.2) is 0 Å². The van der Waals surface area contributed by atoms with Gasteiger partial charge in [-0.1, -0.05) is 6.42 Å². The van der Waals surface area contributed by atoms with E-state index in [1.807, 2.05) is 0 Å². The van der Waals surface area contributed by atoms with Crippen molar-refractivity contribution in [2.75, 3.05) is 19.6 Å². The second kappa shape index (κ2) is 3.89. The maximum atomic E-state index is 11.6. The first-order valence-electron chi connectivity index (χ1n) is 6.58. The van der Waals surface area contributed by atoms with E-state index in [-0.39, 0.29) is 0 Å². The quantitative estimate of drug-likeness (QED) is 0.691. The normalized spacial score (nSPS) is 41.3. The van der Waals surface area contributed by atoms with Gasteiger partial charge >= 0.3 is 0 Å². The summed E-state index contributed by atoms with van der Waals surface area (Å²) in [6, 6.07) is 0. The molecule has 0 aromatic heterocycles. The van der Waals surface area contributed by atoms with Gasteiger partial charge in [0.25, 0.3) is 0 Å². The average molecular weight is 207 g/mol. The molecule has 0 aromatic carbocycles. The van der Waals surface area contributed by atoms with Gasteiger partial charge < -0.3 is 4.90 Å². The Labute approximate surface area is 92.0 Å². The van der Waals surface area contributed by atoms with Gasteiger partial charge in [0.05, 0.1) is 0 Å². The van der Waals surface area contributed by atoms with Gasteiger partial charge in [-0.2, -0.15) is 0 Å². The lowest BCUT2D eigenvalue weighted by molar-refractivity contribution is -0.121. The molecule has 0 amide bonds. The number of carbonyl (C=O) groups is 1. The topological polar surface area (TPSA) is 20.3 Å². The van der Waals surface area contributed by atoms with Crippen molar-refractivity contribution in [3.8, 4) is 0 Å². The van der Waals surface area contributed by atoms with Crippen LogP contribution in [0.25, 0.3) is 0 Å². The standard InChI is InChI=1S/C13H21NO/c15-13-6-2-5-12(13)9-14-7-10-3-1-4-11(10)8-14/h10-12H,1-9H2. The van der Waals surface area contributed by atoms with Crippen LogP contribution in [0.4, 0.5) is 0 Å². The molecule has 3 fully saturated rings. The molecule has 3 rings (SSSR count). The Morgan fingerprint density at radius 2 is 1.80 bits per heavy atom. The van der Waals surface area contributed by atoms with Crippen LogP contribution in [0.15, 0.2) is 0 Å². The summed E-state index contributed by atoms with van der Waals surface area (Å²) in [6.07, 6.45) is 7.49. The average Bonchev–Trinajstić information content (AvgIpc) is 2.83. The van der Waals surface area contributed by atoms with Crippen LogP contribution in [0.5, 0.6) is 0 Å². The summed E-state index contributed by atoms with van der Waals surface area (Å²) in [5, 5.41) is 0. The number of hydrogen-bond donors (Lipinski definition) is 0. The van der Waals surface area contributed by atoms with Crippen molar-refractivity contribution in [2.45, 2.75) is 38.5 Å². The van der Waals surface area contributed by atoms with Crippen molar-refractivity contribution in [2.24, 2.45) is 17.8 Å². The molecular formula is C13H21NO. The van der Waals surface area contributed by atoms with E-state index in [1.165, 1.54) is 32.4 Å². The van der Waals surface area contributed by atoms with Gasteiger partial charge in [-0.15, -0.1) is 0 Å². The molecule has 1 saturated heterocycles. The molecular weight excluding hydrogens is 186 g/mol. The van der Waals surface area contributed by atoms with Crippen molar-refractivity contribution in [1.82, 2.24) is 4.90 Å². The smallest absolute Gasteiger partial charge is 0.137 e. The number of likely N-dealkylation sites (tertiary alicyclic amines) is 1. The minimum Gasteiger partial charge on any atom is -0.302 e. The SMILES string of the molecule is O=C1CCCC1CN1CC2CCCC2C1. The summed E-state index contributed by atoms with van der Waals surface area (Å²) in [5.41, 5.74) is 0. The third-order valence-corrected chi connectivity index (χ3v) is 4.71. The summed E-state index contributed by atoms with van der Waals surface area (Å²) < 4.78 is 0. The maximum absolute atomic E-state index is 11.6. The summed E-state index contributed by atoms with van der Waals surface area (Å²) in [7, 11) is 0. The van der Waals surface area contributed by atoms with Crippen LogP contribution in [0.3, 0.4) is 0 Å². The van der Waals surface area contributed by atoms with Crippen LogP contribution >= 0.6 is 0 Å². The molecule has 2 nitrogen and oxygen atoms in total.